The maximum Gasteiger partial charge on any atom is 1.00 e. The van der Waals surface area contributed by atoms with Crippen LogP contribution in [0.15, 0.2) is 82.6 Å². The van der Waals surface area contributed by atoms with Crippen molar-refractivity contribution in [3.8, 4) is 11.1 Å². The van der Waals surface area contributed by atoms with Crippen molar-refractivity contribution < 1.29 is 33.2 Å². The maximum atomic E-state index is 13.6. The smallest absolute Gasteiger partial charge is 0.548 e. The van der Waals surface area contributed by atoms with Gasteiger partial charge in [0.05, 0.1) is 17.0 Å². The minimum atomic E-state index is -1.28. The van der Waals surface area contributed by atoms with E-state index < -0.39 is 12.0 Å². The van der Waals surface area contributed by atoms with Crippen LogP contribution in [0.1, 0.15) is 17.2 Å². The number of halogens is 1. The molecule has 2 heterocycles. The molecule has 5 rings (SSSR count). The number of carboxylic acids is 1. The van der Waals surface area contributed by atoms with Gasteiger partial charge in [-0.15, -0.1) is 11.8 Å². The molecule has 154 valence electrons. The first-order valence-corrected chi connectivity index (χ1v) is 10.9. The van der Waals surface area contributed by atoms with Gasteiger partial charge < -0.3 is 9.90 Å². The summed E-state index contributed by atoms with van der Waals surface area (Å²) in [7, 11) is 0. The number of nitrogens with zero attached hydrogens (tertiary/aromatic N) is 1. The standard InChI is InChI=1S/C25H18FNO3S.Li/c26-19-10-8-16(9-11-19)23-18(12-17-6-3-5-15-4-1-2-7-20(15)17)13-22(28)27-21(25(29)30)14-31-24(23)27;/h1-11,13,21H,12,14H2,(H,29,30);/q;+1/p-1/t21-;/m0./s1. The molecule has 0 aliphatic carbocycles. The summed E-state index contributed by atoms with van der Waals surface area (Å²) in [5.74, 6) is -1.41. The quantitative estimate of drug-likeness (QED) is 0.443. The summed E-state index contributed by atoms with van der Waals surface area (Å²) in [6.45, 7) is 0. The van der Waals surface area contributed by atoms with E-state index in [-0.39, 0.29) is 36.0 Å². The summed E-state index contributed by atoms with van der Waals surface area (Å²) in [6, 6.07) is 20.6. The fraction of sp³-hybridized carbons (Fsp3) is 0.120. The van der Waals surface area contributed by atoms with E-state index in [2.05, 4.69) is 0 Å². The molecule has 4 aromatic rings. The van der Waals surface area contributed by atoms with Crippen molar-refractivity contribution in [2.75, 3.05) is 5.75 Å². The number of rotatable bonds is 4. The van der Waals surface area contributed by atoms with Crippen molar-refractivity contribution >= 4 is 28.5 Å². The molecule has 1 aromatic heterocycles. The first kappa shape index (κ1) is 22.4. The minimum absolute atomic E-state index is 0. The van der Waals surface area contributed by atoms with Crippen LogP contribution in [0.25, 0.3) is 21.9 Å². The van der Waals surface area contributed by atoms with E-state index in [0.717, 1.165) is 33.0 Å². The summed E-state index contributed by atoms with van der Waals surface area (Å²) in [5.41, 5.74) is 2.99. The molecule has 0 saturated carbocycles. The Bertz CT molecular complexity index is 1380. The predicted octanol–water partition coefficient (Wildman–Crippen LogP) is 0.799. The summed E-state index contributed by atoms with van der Waals surface area (Å²) >= 11 is 1.32. The molecule has 0 bridgehead atoms. The summed E-state index contributed by atoms with van der Waals surface area (Å²) in [4.78, 5) is 24.5. The first-order valence-electron chi connectivity index (χ1n) is 9.87. The van der Waals surface area contributed by atoms with Crippen LogP contribution in [0.2, 0.25) is 0 Å². The molecule has 0 saturated heterocycles. The fourth-order valence-corrected chi connectivity index (χ4v) is 5.56. The molecule has 0 amide bonds. The number of pyridine rings is 1. The van der Waals surface area contributed by atoms with E-state index in [0.29, 0.717) is 11.4 Å². The van der Waals surface area contributed by atoms with Gasteiger partial charge in [0.2, 0.25) is 0 Å². The number of carbonyl (C=O) groups is 1. The Kier molecular flexibility index (Phi) is 6.30. The van der Waals surface area contributed by atoms with Crippen LogP contribution in [0.3, 0.4) is 0 Å². The number of fused-ring (bicyclic) bond motifs is 2. The topological polar surface area (TPSA) is 62.1 Å². The van der Waals surface area contributed by atoms with Gasteiger partial charge in [0, 0.05) is 17.4 Å². The zero-order valence-electron chi connectivity index (χ0n) is 17.4. The number of aliphatic carboxylic acids is 1. The SMILES string of the molecule is O=C([O-])[C@@H]1CSc2c(-c3ccc(F)cc3)c(Cc3cccc4ccccc34)cc(=O)n21.[Li+]. The molecule has 0 radical (unpaired) electrons. The average Bonchev–Trinajstić information content (AvgIpc) is 3.21. The van der Waals surface area contributed by atoms with Gasteiger partial charge in [-0.05, 0) is 46.0 Å². The Morgan fingerprint density at radius 3 is 2.50 bits per heavy atom. The van der Waals surface area contributed by atoms with Crippen molar-refractivity contribution in [2.24, 2.45) is 0 Å². The van der Waals surface area contributed by atoms with Crippen LogP contribution < -0.4 is 29.5 Å². The van der Waals surface area contributed by atoms with Crippen LogP contribution in [-0.2, 0) is 11.2 Å². The van der Waals surface area contributed by atoms with Gasteiger partial charge in [-0.25, -0.2) is 4.39 Å². The zero-order chi connectivity index (χ0) is 21.5. The van der Waals surface area contributed by atoms with Gasteiger partial charge in [0.25, 0.3) is 5.56 Å². The molecule has 32 heavy (non-hydrogen) atoms. The van der Waals surface area contributed by atoms with E-state index in [1.165, 1.54) is 34.5 Å². The van der Waals surface area contributed by atoms with Crippen LogP contribution >= 0.6 is 11.8 Å². The van der Waals surface area contributed by atoms with Crippen LogP contribution in [0.4, 0.5) is 4.39 Å². The molecule has 0 unspecified atom stereocenters. The fourth-order valence-electron chi connectivity index (χ4n) is 4.21. The molecule has 1 aliphatic heterocycles. The Morgan fingerprint density at radius 1 is 1.03 bits per heavy atom. The molecule has 3 aromatic carbocycles. The molecule has 1 aliphatic rings. The van der Waals surface area contributed by atoms with E-state index >= 15 is 0 Å². The third-order valence-electron chi connectivity index (χ3n) is 5.64. The van der Waals surface area contributed by atoms with Gasteiger partial charge >= 0.3 is 18.9 Å². The second kappa shape index (κ2) is 8.99. The number of hydrogen-bond donors (Lipinski definition) is 0. The van der Waals surface area contributed by atoms with Gasteiger partial charge in [0.15, 0.2) is 0 Å². The second-order valence-electron chi connectivity index (χ2n) is 7.53. The van der Waals surface area contributed by atoms with Crippen LogP contribution in [0, 0.1) is 5.82 Å². The third-order valence-corrected chi connectivity index (χ3v) is 6.80. The average molecular weight is 437 g/mol. The molecule has 0 N–H and O–H groups in total. The largest absolute Gasteiger partial charge is 1.00 e. The van der Waals surface area contributed by atoms with Crippen molar-refractivity contribution in [3.05, 3.63) is 100 Å². The van der Waals surface area contributed by atoms with Gasteiger partial charge in [-0.3, -0.25) is 9.36 Å². The number of thioether (sulfide) groups is 1. The Labute approximate surface area is 200 Å². The Morgan fingerprint density at radius 2 is 1.75 bits per heavy atom. The summed E-state index contributed by atoms with van der Waals surface area (Å²) in [5, 5.41) is 14.4. The Balaban J connectivity index is 0.00000245. The number of carbonyl (C=O) groups excluding carboxylic acids is 1. The van der Waals surface area contributed by atoms with Gasteiger partial charge in [-0.1, -0.05) is 54.6 Å². The molecule has 4 nitrogen and oxygen atoms in total. The Hall–Kier alpha value is -2.78. The van der Waals surface area contributed by atoms with E-state index in [9.17, 15) is 19.1 Å². The van der Waals surface area contributed by atoms with Crippen LogP contribution in [0.5, 0.6) is 0 Å². The molecule has 0 spiro atoms. The molecule has 0 fully saturated rings. The van der Waals surface area contributed by atoms with E-state index in [1.807, 2.05) is 42.5 Å². The number of hydrogen-bond acceptors (Lipinski definition) is 4. The molecular weight excluding hydrogens is 420 g/mol. The molecule has 7 heteroatoms. The van der Waals surface area contributed by atoms with Crippen molar-refractivity contribution in [2.45, 2.75) is 17.5 Å². The van der Waals surface area contributed by atoms with Crippen molar-refractivity contribution in [1.82, 2.24) is 4.57 Å². The minimum Gasteiger partial charge on any atom is -0.548 e. The van der Waals surface area contributed by atoms with Crippen molar-refractivity contribution in [1.29, 1.82) is 0 Å². The monoisotopic (exact) mass is 437 g/mol. The second-order valence-corrected chi connectivity index (χ2v) is 8.53. The summed E-state index contributed by atoms with van der Waals surface area (Å²) < 4.78 is 14.9. The normalized spacial score (nSPS) is 14.7. The number of aromatic nitrogens is 1. The van der Waals surface area contributed by atoms with Gasteiger partial charge in [-0.2, -0.15) is 0 Å². The first-order chi connectivity index (χ1) is 15.0. The van der Waals surface area contributed by atoms with Gasteiger partial charge in [0.1, 0.15) is 5.82 Å². The molecule has 1 atom stereocenters. The van der Waals surface area contributed by atoms with E-state index in [1.54, 1.807) is 12.1 Å². The maximum absolute atomic E-state index is 13.6. The third kappa shape index (κ3) is 3.90. The number of carboxylic acid groups (broad SMARTS) is 1. The van der Waals surface area contributed by atoms with Crippen molar-refractivity contribution in [3.63, 3.8) is 0 Å². The zero-order valence-corrected chi connectivity index (χ0v) is 18.2. The summed E-state index contributed by atoms with van der Waals surface area (Å²) in [6.07, 6.45) is 0.494. The van der Waals surface area contributed by atoms with Crippen LogP contribution in [-0.4, -0.2) is 16.3 Å². The number of benzene rings is 3. The van der Waals surface area contributed by atoms with E-state index in [4.69, 9.17) is 0 Å². The molecular formula is C25H17FLiNO3S. The predicted molar refractivity (Wildman–Crippen MR) is 118 cm³/mol.